The number of nitrogens with zero attached hydrogens (tertiary/aromatic N) is 2. The molecule has 7 nitrogen and oxygen atoms in total. The summed E-state index contributed by atoms with van der Waals surface area (Å²) < 4.78 is 25.9. The van der Waals surface area contributed by atoms with E-state index in [0.29, 0.717) is 13.2 Å². The first kappa shape index (κ1) is 11.4. The van der Waals surface area contributed by atoms with Gasteiger partial charge in [0.1, 0.15) is 20.5 Å². The van der Waals surface area contributed by atoms with Crippen molar-refractivity contribution in [1.29, 1.82) is 4.78 Å². The summed E-state index contributed by atoms with van der Waals surface area (Å²) in [6.07, 6.45) is 0. The molecule has 2 unspecified atom stereocenters. The molecule has 2 heterocycles. The Kier molecular flexibility index (Phi) is 2.64. The van der Waals surface area contributed by atoms with Gasteiger partial charge < -0.3 is 9.84 Å². The minimum Gasteiger partial charge on any atom is -0.477 e. The van der Waals surface area contributed by atoms with Gasteiger partial charge in [-0.15, -0.1) is 0 Å². The van der Waals surface area contributed by atoms with Gasteiger partial charge in [-0.05, 0) is 0 Å². The lowest BCUT2D eigenvalue weighted by molar-refractivity contribution is 0.170. The van der Waals surface area contributed by atoms with Crippen LogP contribution in [0.1, 0.15) is 12.6 Å². The van der Waals surface area contributed by atoms with Gasteiger partial charge in [0.25, 0.3) is 0 Å². The second-order valence-corrected chi connectivity index (χ2v) is 5.55. The Labute approximate surface area is 93.3 Å². The van der Waals surface area contributed by atoms with Crippen molar-refractivity contribution in [3.63, 3.8) is 0 Å². The maximum atomic E-state index is 11.6. The van der Waals surface area contributed by atoms with Crippen LogP contribution in [-0.2, 0) is 23.1 Å². The molecule has 0 amide bonds. The largest absolute Gasteiger partial charge is 0.477 e. The summed E-state index contributed by atoms with van der Waals surface area (Å²) in [5, 5.41) is 18.4. The number of rotatable bonds is 2. The molecule has 2 rings (SSSR count). The number of aliphatic hydroxyl groups excluding tert-OH is 1. The Hall–Kier alpha value is -1.12. The van der Waals surface area contributed by atoms with E-state index < -0.39 is 16.5 Å². The Morgan fingerprint density at radius 1 is 1.81 bits per heavy atom. The van der Waals surface area contributed by atoms with E-state index in [1.165, 1.54) is 4.68 Å². The highest BCUT2D eigenvalue weighted by Crippen LogP contribution is 2.30. The number of hydrogen-bond donors (Lipinski definition) is 3. The van der Waals surface area contributed by atoms with Crippen LogP contribution in [0.2, 0.25) is 0 Å². The first-order valence-electron chi connectivity index (χ1n) is 4.83. The highest BCUT2D eigenvalue weighted by Gasteiger charge is 2.28. The highest BCUT2D eigenvalue weighted by molar-refractivity contribution is 7.90. The third-order valence-electron chi connectivity index (χ3n) is 2.37. The minimum absolute atomic E-state index is 0.0156. The molecular formula is C8H14N4O3S. The SMILES string of the molecule is CC1COc2c(S(=N)(N)=O)c(CO)nn2C1. The molecule has 0 spiro atoms. The van der Waals surface area contributed by atoms with Crippen LogP contribution in [0, 0.1) is 10.7 Å². The van der Waals surface area contributed by atoms with Gasteiger partial charge in [0, 0.05) is 5.92 Å². The van der Waals surface area contributed by atoms with Crippen molar-refractivity contribution in [2.24, 2.45) is 11.1 Å². The maximum absolute atomic E-state index is 11.6. The molecular weight excluding hydrogens is 232 g/mol. The molecule has 16 heavy (non-hydrogen) atoms. The van der Waals surface area contributed by atoms with Crippen molar-refractivity contribution >= 4 is 9.92 Å². The second kappa shape index (κ2) is 3.72. The van der Waals surface area contributed by atoms with Gasteiger partial charge in [-0.1, -0.05) is 6.92 Å². The smallest absolute Gasteiger partial charge is 0.231 e. The lowest BCUT2D eigenvalue weighted by Crippen LogP contribution is -2.24. The fourth-order valence-electron chi connectivity index (χ4n) is 1.72. The van der Waals surface area contributed by atoms with Crippen molar-refractivity contribution in [3.05, 3.63) is 5.69 Å². The first-order chi connectivity index (χ1) is 7.43. The molecule has 0 saturated carbocycles. The molecule has 0 saturated heterocycles. The third-order valence-corrected chi connectivity index (χ3v) is 3.39. The fourth-order valence-corrected chi connectivity index (χ4v) is 2.60. The van der Waals surface area contributed by atoms with E-state index >= 15 is 0 Å². The van der Waals surface area contributed by atoms with Gasteiger partial charge in [0.05, 0.1) is 19.8 Å². The predicted molar refractivity (Wildman–Crippen MR) is 56.1 cm³/mol. The fraction of sp³-hybridized carbons (Fsp3) is 0.625. The highest BCUT2D eigenvalue weighted by atomic mass is 32.2. The Bertz CT molecular complexity index is 508. The molecule has 4 N–H and O–H groups in total. The first-order valence-corrected chi connectivity index (χ1v) is 6.45. The van der Waals surface area contributed by atoms with Gasteiger partial charge in [-0.3, -0.25) is 0 Å². The van der Waals surface area contributed by atoms with Gasteiger partial charge >= 0.3 is 0 Å². The van der Waals surface area contributed by atoms with Gasteiger partial charge in [0.2, 0.25) is 5.88 Å². The Morgan fingerprint density at radius 3 is 3.06 bits per heavy atom. The van der Waals surface area contributed by atoms with Crippen LogP contribution >= 0.6 is 0 Å². The standard InChI is InChI=1S/C8H14N4O3S/c1-5-2-12-8(15-4-5)7(16(9,10)14)6(3-13)11-12/h5,13H,2-4H2,1H3,(H3,9,10,14). The van der Waals surface area contributed by atoms with Crippen LogP contribution < -0.4 is 9.88 Å². The van der Waals surface area contributed by atoms with Crippen LogP contribution in [0.15, 0.2) is 4.90 Å². The lowest BCUT2D eigenvalue weighted by Gasteiger charge is -2.21. The number of aliphatic hydroxyl groups is 1. The molecule has 8 heteroatoms. The molecule has 1 aromatic rings. The summed E-state index contributed by atoms with van der Waals surface area (Å²) in [5.74, 6) is 0.538. The van der Waals surface area contributed by atoms with Crippen LogP contribution in [0.25, 0.3) is 0 Å². The molecule has 1 aliphatic heterocycles. The molecule has 0 fully saturated rings. The monoisotopic (exact) mass is 246 g/mol. The molecule has 90 valence electrons. The number of ether oxygens (including phenoxy) is 1. The zero-order valence-corrected chi connectivity index (χ0v) is 9.66. The quantitative estimate of drug-likeness (QED) is 0.663. The van der Waals surface area contributed by atoms with E-state index in [4.69, 9.17) is 19.8 Å². The third kappa shape index (κ3) is 1.79. The predicted octanol–water partition coefficient (Wildman–Crippen LogP) is -0.317. The molecule has 0 aliphatic carbocycles. The summed E-state index contributed by atoms with van der Waals surface area (Å²) >= 11 is 0. The van der Waals surface area contributed by atoms with Gasteiger partial charge in [-0.2, -0.15) is 5.10 Å². The van der Waals surface area contributed by atoms with E-state index in [2.05, 4.69) is 5.10 Å². The lowest BCUT2D eigenvalue weighted by atomic mass is 10.2. The molecule has 0 aromatic carbocycles. The molecule has 0 radical (unpaired) electrons. The van der Waals surface area contributed by atoms with E-state index in [1.54, 1.807) is 0 Å². The van der Waals surface area contributed by atoms with Crippen molar-refractivity contribution in [3.8, 4) is 5.88 Å². The van der Waals surface area contributed by atoms with E-state index in [-0.39, 0.29) is 22.4 Å². The summed E-state index contributed by atoms with van der Waals surface area (Å²) in [4.78, 5) is 0.0156. The van der Waals surface area contributed by atoms with Crippen molar-refractivity contribution in [2.75, 3.05) is 6.61 Å². The van der Waals surface area contributed by atoms with E-state index in [0.717, 1.165) is 0 Å². The zero-order chi connectivity index (χ0) is 11.9. The Morgan fingerprint density at radius 2 is 2.50 bits per heavy atom. The summed E-state index contributed by atoms with van der Waals surface area (Å²) in [7, 11) is -3.43. The average Bonchev–Trinajstić information content (AvgIpc) is 2.54. The van der Waals surface area contributed by atoms with Crippen LogP contribution in [0.4, 0.5) is 0 Å². The summed E-state index contributed by atoms with van der Waals surface area (Å²) in [5.41, 5.74) is 0.159. The van der Waals surface area contributed by atoms with Crippen LogP contribution in [0.5, 0.6) is 5.88 Å². The molecule has 1 aliphatic rings. The topological polar surface area (TPSA) is 114 Å². The normalized spacial score (nSPS) is 23.3. The summed E-state index contributed by atoms with van der Waals surface area (Å²) in [6.45, 7) is 2.67. The molecule has 0 bridgehead atoms. The molecule has 1 aromatic heterocycles. The number of fused-ring (bicyclic) bond motifs is 1. The Balaban J connectivity index is 2.60. The van der Waals surface area contributed by atoms with Crippen molar-refractivity contribution in [2.45, 2.75) is 25.0 Å². The number of nitrogens with one attached hydrogen (secondary N) is 1. The minimum atomic E-state index is -3.43. The number of aromatic nitrogens is 2. The zero-order valence-electron chi connectivity index (χ0n) is 8.84. The van der Waals surface area contributed by atoms with Crippen molar-refractivity contribution in [1.82, 2.24) is 9.78 Å². The summed E-state index contributed by atoms with van der Waals surface area (Å²) in [6, 6.07) is 0. The number of hydrogen-bond acceptors (Lipinski definition) is 5. The van der Waals surface area contributed by atoms with Crippen LogP contribution in [0.3, 0.4) is 0 Å². The van der Waals surface area contributed by atoms with E-state index in [1.807, 2.05) is 6.92 Å². The van der Waals surface area contributed by atoms with Crippen LogP contribution in [-0.4, -0.2) is 25.7 Å². The second-order valence-electron chi connectivity index (χ2n) is 3.94. The molecule has 2 atom stereocenters. The van der Waals surface area contributed by atoms with Crippen molar-refractivity contribution < 1.29 is 14.1 Å². The maximum Gasteiger partial charge on any atom is 0.231 e. The van der Waals surface area contributed by atoms with E-state index in [9.17, 15) is 4.21 Å². The van der Waals surface area contributed by atoms with Gasteiger partial charge in [0.15, 0.2) is 0 Å². The number of nitrogens with two attached hydrogens (primary N) is 1. The average molecular weight is 246 g/mol. The van der Waals surface area contributed by atoms with Gasteiger partial charge in [-0.25, -0.2) is 18.8 Å².